The fourth-order valence-corrected chi connectivity index (χ4v) is 1.71. The molecule has 0 aromatic heterocycles. The van der Waals surface area contributed by atoms with Gasteiger partial charge in [-0.15, -0.1) is 0 Å². The van der Waals surface area contributed by atoms with Crippen LogP contribution >= 0.6 is 0 Å². The summed E-state index contributed by atoms with van der Waals surface area (Å²) in [6.45, 7) is 6.53. The van der Waals surface area contributed by atoms with Crippen molar-refractivity contribution in [3.63, 3.8) is 0 Å². The number of esters is 1. The SMILES string of the molecule is CCC(CC)CC(C)(CN)C(=O)OC. The lowest BCUT2D eigenvalue weighted by molar-refractivity contribution is -0.152. The van der Waals surface area contributed by atoms with Crippen molar-refractivity contribution in [2.24, 2.45) is 17.1 Å². The Kier molecular flexibility index (Phi) is 5.77. The van der Waals surface area contributed by atoms with Gasteiger partial charge < -0.3 is 10.5 Å². The third-order valence-corrected chi connectivity index (χ3v) is 3.02. The molecule has 1 unspecified atom stereocenters. The monoisotopic (exact) mass is 201 g/mol. The highest BCUT2D eigenvalue weighted by Crippen LogP contribution is 2.29. The molecule has 14 heavy (non-hydrogen) atoms. The van der Waals surface area contributed by atoms with Crippen LogP contribution in [0.25, 0.3) is 0 Å². The summed E-state index contributed by atoms with van der Waals surface area (Å²) >= 11 is 0. The van der Waals surface area contributed by atoms with E-state index >= 15 is 0 Å². The molecular weight excluding hydrogens is 178 g/mol. The Hall–Kier alpha value is -0.570. The number of carbonyl (C=O) groups is 1. The van der Waals surface area contributed by atoms with E-state index in [2.05, 4.69) is 13.8 Å². The van der Waals surface area contributed by atoms with E-state index in [-0.39, 0.29) is 5.97 Å². The molecule has 3 heteroatoms. The number of ether oxygens (including phenoxy) is 1. The van der Waals surface area contributed by atoms with Crippen molar-refractivity contribution < 1.29 is 9.53 Å². The predicted octanol–water partition coefficient (Wildman–Crippen LogP) is 1.95. The van der Waals surface area contributed by atoms with E-state index in [0.717, 1.165) is 19.3 Å². The molecule has 0 bridgehead atoms. The Morgan fingerprint density at radius 1 is 1.43 bits per heavy atom. The molecule has 3 nitrogen and oxygen atoms in total. The van der Waals surface area contributed by atoms with E-state index in [9.17, 15) is 4.79 Å². The van der Waals surface area contributed by atoms with Crippen LogP contribution in [0.4, 0.5) is 0 Å². The first kappa shape index (κ1) is 13.4. The van der Waals surface area contributed by atoms with Crippen molar-refractivity contribution in [1.29, 1.82) is 0 Å². The first-order valence-corrected chi connectivity index (χ1v) is 5.32. The van der Waals surface area contributed by atoms with Gasteiger partial charge in [-0.1, -0.05) is 26.7 Å². The number of hydrogen-bond acceptors (Lipinski definition) is 3. The van der Waals surface area contributed by atoms with E-state index in [0.29, 0.717) is 12.5 Å². The van der Waals surface area contributed by atoms with Gasteiger partial charge in [0.2, 0.25) is 0 Å². The van der Waals surface area contributed by atoms with Crippen LogP contribution < -0.4 is 5.73 Å². The van der Waals surface area contributed by atoms with Gasteiger partial charge in [-0.3, -0.25) is 4.79 Å². The Bertz CT molecular complexity index is 178. The zero-order valence-electron chi connectivity index (χ0n) is 9.80. The molecular formula is C11H23NO2. The molecule has 1 atom stereocenters. The molecule has 0 aromatic carbocycles. The van der Waals surface area contributed by atoms with Crippen molar-refractivity contribution in [3.8, 4) is 0 Å². The molecule has 2 N–H and O–H groups in total. The normalized spacial score (nSPS) is 15.3. The Labute approximate surface area is 87.0 Å². The van der Waals surface area contributed by atoms with Crippen molar-refractivity contribution in [1.82, 2.24) is 0 Å². The van der Waals surface area contributed by atoms with Crippen molar-refractivity contribution in [2.75, 3.05) is 13.7 Å². The lowest BCUT2D eigenvalue weighted by Gasteiger charge is -2.28. The molecule has 0 aliphatic rings. The quantitative estimate of drug-likeness (QED) is 0.668. The summed E-state index contributed by atoms with van der Waals surface area (Å²) in [6.07, 6.45) is 3.00. The van der Waals surface area contributed by atoms with Crippen LogP contribution in [0.5, 0.6) is 0 Å². The van der Waals surface area contributed by atoms with Gasteiger partial charge in [0.05, 0.1) is 12.5 Å². The molecule has 0 aliphatic heterocycles. The van der Waals surface area contributed by atoms with E-state index in [1.165, 1.54) is 7.11 Å². The van der Waals surface area contributed by atoms with Crippen molar-refractivity contribution in [2.45, 2.75) is 40.0 Å². The average Bonchev–Trinajstić information content (AvgIpc) is 2.24. The summed E-state index contributed by atoms with van der Waals surface area (Å²) < 4.78 is 4.78. The minimum Gasteiger partial charge on any atom is -0.469 e. The highest BCUT2D eigenvalue weighted by Gasteiger charge is 2.34. The van der Waals surface area contributed by atoms with Gasteiger partial charge in [-0.25, -0.2) is 0 Å². The van der Waals surface area contributed by atoms with E-state index < -0.39 is 5.41 Å². The minimum absolute atomic E-state index is 0.188. The summed E-state index contributed by atoms with van der Waals surface area (Å²) in [7, 11) is 1.42. The molecule has 0 rings (SSSR count). The number of nitrogens with two attached hydrogens (primary N) is 1. The highest BCUT2D eigenvalue weighted by molar-refractivity contribution is 5.76. The van der Waals surface area contributed by atoms with Gasteiger partial charge in [0, 0.05) is 6.54 Å². The van der Waals surface area contributed by atoms with Crippen molar-refractivity contribution >= 4 is 5.97 Å². The fraction of sp³-hybridized carbons (Fsp3) is 0.909. The van der Waals surface area contributed by atoms with E-state index in [1.54, 1.807) is 0 Å². The molecule has 84 valence electrons. The molecule has 0 fully saturated rings. The molecule has 0 radical (unpaired) electrons. The number of rotatable bonds is 6. The summed E-state index contributed by atoms with van der Waals surface area (Å²) in [4.78, 5) is 11.5. The van der Waals surface area contributed by atoms with Crippen LogP contribution in [-0.4, -0.2) is 19.6 Å². The third-order valence-electron chi connectivity index (χ3n) is 3.02. The van der Waals surface area contributed by atoms with Gasteiger partial charge >= 0.3 is 5.97 Å². The first-order valence-electron chi connectivity index (χ1n) is 5.32. The number of methoxy groups -OCH3 is 1. The van der Waals surface area contributed by atoms with Crippen LogP contribution in [0.1, 0.15) is 40.0 Å². The summed E-state index contributed by atoms with van der Waals surface area (Å²) in [5, 5.41) is 0. The largest absolute Gasteiger partial charge is 0.469 e. The summed E-state index contributed by atoms with van der Waals surface area (Å²) in [6, 6.07) is 0. The smallest absolute Gasteiger partial charge is 0.312 e. The Morgan fingerprint density at radius 2 is 1.93 bits per heavy atom. The van der Waals surface area contributed by atoms with Crippen LogP contribution in [0, 0.1) is 11.3 Å². The lowest BCUT2D eigenvalue weighted by atomic mass is 9.79. The topological polar surface area (TPSA) is 52.3 Å². The maximum atomic E-state index is 11.5. The Morgan fingerprint density at radius 3 is 2.21 bits per heavy atom. The van der Waals surface area contributed by atoms with Gasteiger partial charge in [0.25, 0.3) is 0 Å². The predicted molar refractivity (Wildman–Crippen MR) is 57.9 cm³/mol. The zero-order chi connectivity index (χ0) is 11.2. The van der Waals surface area contributed by atoms with Crippen LogP contribution in [0.15, 0.2) is 0 Å². The van der Waals surface area contributed by atoms with E-state index in [1.807, 2.05) is 6.92 Å². The summed E-state index contributed by atoms with van der Waals surface area (Å²) in [5.41, 5.74) is 5.13. The molecule has 0 saturated carbocycles. The Balaban J connectivity index is 4.45. The molecule has 0 amide bonds. The van der Waals surface area contributed by atoms with Crippen LogP contribution in [0.3, 0.4) is 0 Å². The second-order valence-electron chi connectivity index (χ2n) is 4.14. The molecule has 0 aliphatic carbocycles. The molecule has 0 saturated heterocycles. The van der Waals surface area contributed by atoms with Crippen LogP contribution in [-0.2, 0) is 9.53 Å². The fourth-order valence-electron chi connectivity index (χ4n) is 1.71. The summed E-state index contributed by atoms with van der Waals surface area (Å²) in [5.74, 6) is 0.370. The number of hydrogen-bond donors (Lipinski definition) is 1. The second kappa shape index (κ2) is 6.02. The van der Waals surface area contributed by atoms with E-state index in [4.69, 9.17) is 10.5 Å². The minimum atomic E-state index is -0.508. The first-order chi connectivity index (χ1) is 6.53. The maximum absolute atomic E-state index is 11.5. The van der Waals surface area contributed by atoms with Gasteiger partial charge in [0.1, 0.15) is 0 Å². The van der Waals surface area contributed by atoms with Crippen LogP contribution in [0.2, 0.25) is 0 Å². The highest BCUT2D eigenvalue weighted by atomic mass is 16.5. The molecule has 0 heterocycles. The second-order valence-corrected chi connectivity index (χ2v) is 4.14. The molecule has 0 spiro atoms. The average molecular weight is 201 g/mol. The number of carbonyl (C=O) groups excluding carboxylic acids is 1. The standard InChI is InChI=1S/C11H23NO2/c1-5-9(6-2)7-11(3,8-12)10(13)14-4/h9H,5-8,12H2,1-4H3. The maximum Gasteiger partial charge on any atom is 0.312 e. The zero-order valence-corrected chi connectivity index (χ0v) is 9.80. The van der Waals surface area contributed by atoms with Gasteiger partial charge in [-0.05, 0) is 19.3 Å². The van der Waals surface area contributed by atoms with Gasteiger partial charge in [0.15, 0.2) is 0 Å². The van der Waals surface area contributed by atoms with Gasteiger partial charge in [-0.2, -0.15) is 0 Å². The molecule has 0 aromatic rings. The third kappa shape index (κ3) is 3.29. The lowest BCUT2D eigenvalue weighted by Crippen LogP contribution is -2.38. The van der Waals surface area contributed by atoms with Crippen molar-refractivity contribution in [3.05, 3.63) is 0 Å².